The number of rotatable bonds is 4. The lowest BCUT2D eigenvalue weighted by atomic mass is 9.88. The summed E-state index contributed by atoms with van der Waals surface area (Å²) in [5.41, 5.74) is -0.158. The predicted molar refractivity (Wildman–Crippen MR) is 75.8 cm³/mol. The van der Waals surface area contributed by atoms with E-state index >= 15 is 0 Å². The normalized spacial score (nSPS) is 29.1. The lowest BCUT2D eigenvalue weighted by Gasteiger charge is -2.38. The van der Waals surface area contributed by atoms with Crippen LogP contribution in [0, 0.1) is 0 Å². The molecule has 1 amide bonds. The molecule has 0 N–H and O–H groups in total. The summed E-state index contributed by atoms with van der Waals surface area (Å²) < 4.78 is 30.0. The average molecular weight is 304 g/mol. The first-order chi connectivity index (χ1) is 9.39. The highest BCUT2D eigenvalue weighted by molar-refractivity contribution is 7.88. The van der Waals surface area contributed by atoms with Crippen LogP contribution in [0.4, 0.5) is 0 Å². The van der Waals surface area contributed by atoms with Crippen LogP contribution in [-0.4, -0.2) is 68.7 Å². The zero-order valence-corrected chi connectivity index (χ0v) is 13.1. The number of amides is 1. The molecule has 2 heterocycles. The van der Waals surface area contributed by atoms with Gasteiger partial charge in [0.05, 0.1) is 12.9 Å². The Bertz CT molecular complexity index is 465. The summed E-state index contributed by atoms with van der Waals surface area (Å²) in [4.78, 5) is 14.0. The van der Waals surface area contributed by atoms with E-state index in [4.69, 9.17) is 4.74 Å². The van der Waals surface area contributed by atoms with Crippen molar-refractivity contribution in [1.29, 1.82) is 0 Å². The van der Waals surface area contributed by atoms with Crippen LogP contribution in [0.1, 0.15) is 32.1 Å². The molecule has 2 aliphatic rings. The maximum Gasteiger partial charge on any atom is 0.223 e. The summed E-state index contributed by atoms with van der Waals surface area (Å²) in [7, 11) is -1.51. The van der Waals surface area contributed by atoms with Crippen LogP contribution in [0.2, 0.25) is 0 Å². The van der Waals surface area contributed by atoms with Gasteiger partial charge < -0.3 is 9.64 Å². The van der Waals surface area contributed by atoms with Gasteiger partial charge in [-0.05, 0) is 25.7 Å². The van der Waals surface area contributed by atoms with Crippen molar-refractivity contribution in [1.82, 2.24) is 9.21 Å². The first kappa shape index (κ1) is 15.7. The Balaban J connectivity index is 2.12. The molecule has 0 aromatic carbocycles. The maximum atomic E-state index is 12.1. The molecule has 0 aliphatic carbocycles. The Morgan fingerprint density at radius 2 is 2.00 bits per heavy atom. The van der Waals surface area contributed by atoms with Gasteiger partial charge in [0.1, 0.15) is 0 Å². The second kappa shape index (κ2) is 5.99. The van der Waals surface area contributed by atoms with Gasteiger partial charge in [0, 0.05) is 38.7 Å². The number of hydrogen-bond donors (Lipinski definition) is 0. The Morgan fingerprint density at radius 3 is 2.65 bits per heavy atom. The molecule has 0 aromatic rings. The molecule has 6 nitrogen and oxygen atoms in total. The van der Waals surface area contributed by atoms with Gasteiger partial charge in [-0.2, -0.15) is 0 Å². The monoisotopic (exact) mass is 304 g/mol. The van der Waals surface area contributed by atoms with Gasteiger partial charge in [-0.1, -0.05) is 0 Å². The van der Waals surface area contributed by atoms with Crippen molar-refractivity contribution in [3.63, 3.8) is 0 Å². The molecule has 1 unspecified atom stereocenters. The van der Waals surface area contributed by atoms with Gasteiger partial charge in [0.25, 0.3) is 0 Å². The SMILES string of the molecule is COCCN1C(=O)CCC12CCCN(S(C)(=O)=O)CC2. The molecule has 116 valence electrons. The van der Waals surface area contributed by atoms with E-state index in [0.717, 1.165) is 25.7 Å². The number of methoxy groups -OCH3 is 1. The fourth-order valence-corrected chi connectivity index (χ4v) is 4.31. The Morgan fingerprint density at radius 1 is 1.25 bits per heavy atom. The zero-order chi connectivity index (χ0) is 14.8. The van der Waals surface area contributed by atoms with Gasteiger partial charge in [-0.25, -0.2) is 12.7 Å². The molecule has 0 radical (unpaired) electrons. The second-order valence-corrected chi connectivity index (χ2v) is 7.76. The summed E-state index contributed by atoms with van der Waals surface area (Å²) in [6, 6.07) is 0. The molecule has 1 atom stereocenters. The Labute approximate surface area is 121 Å². The van der Waals surface area contributed by atoms with E-state index in [1.165, 1.54) is 6.26 Å². The lowest BCUT2D eigenvalue weighted by Crippen LogP contribution is -2.48. The fourth-order valence-electron chi connectivity index (χ4n) is 3.42. The Hall–Kier alpha value is -0.660. The molecule has 1 spiro atoms. The van der Waals surface area contributed by atoms with E-state index in [2.05, 4.69) is 0 Å². The van der Waals surface area contributed by atoms with Crippen molar-refractivity contribution < 1.29 is 17.9 Å². The molecule has 0 saturated carbocycles. The third kappa shape index (κ3) is 3.15. The number of ether oxygens (including phenoxy) is 1. The third-order valence-electron chi connectivity index (χ3n) is 4.54. The minimum atomic E-state index is -3.14. The summed E-state index contributed by atoms with van der Waals surface area (Å²) in [6.45, 7) is 2.21. The zero-order valence-electron chi connectivity index (χ0n) is 12.3. The van der Waals surface area contributed by atoms with E-state index in [1.54, 1.807) is 11.4 Å². The standard InChI is InChI=1S/C13H24N2O4S/c1-19-11-10-15-12(16)4-6-13(15)5-3-8-14(9-7-13)20(2,17)18/h3-11H2,1-2H3. The molecule has 2 fully saturated rings. The fraction of sp³-hybridized carbons (Fsp3) is 0.923. The second-order valence-electron chi connectivity index (χ2n) is 5.78. The van der Waals surface area contributed by atoms with Crippen LogP contribution in [0.3, 0.4) is 0 Å². The number of nitrogens with zero attached hydrogens (tertiary/aromatic N) is 2. The quantitative estimate of drug-likeness (QED) is 0.756. The van der Waals surface area contributed by atoms with E-state index in [0.29, 0.717) is 32.7 Å². The van der Waals surface area contributed by atoms with Gasteiger partial charge >= 0.3 is 0 Å². The molecule has 0 bridgehead atoms. The Kier molecular flexibility index (Phi) is 4.71. The highest BCUT2D eigenvalue weighted by Gasteiger charge is 2.45. The summed E-state index contributed by atoms with van der Waals surface area (Å²) in [6.07, 6.45) is 5.09. The van der Waals surface area contributed by atoms with Crippen molar-refractivity contribution in [3.05, 3.63) is 0 Å². The number of carbonyl (C=O) groups is 1. The van der Waals surface area contributed by atoms with Crippen molar-refractivity contribution in [3.8, 4) is 0 Å². The molecule has 2 saturated heterocycles. The molecule has 2 aliphatic heterocycles. The molecular formula is C13H24N2O4S. The number of likely N-dealkylation sites (tertiary alicyclic amines) is 1. The first-order valence-electron chi connectivity index (χ1n) is 7.14. The molecule has 20 heavy (non-hydrogen) atoms. The van der Waals surface area contributed by atoms with E-state index in [1.807, 2.05) is 4.90 Å². The van der Waals surface area contributed by atoms with Gasteiger partial charge in [-0.3, -0.25) is 4.79 Å². The minimum Gasteiger partial charge on any atom is -0.383 e. The van der Waals surface area contributed by atoms with E-state index in [-0.39, 0.29) is 11.4 Å². The first-order valence-corrected chi connectivity index (χ1v) is 8.98. The van der Waals surface area contributed by atoms with Crippen LogP contribution in [0.15, 0.2) is 0 Å². The van der Waals surface area contributed by atoms with Gasteiger partial charge in [-0.15, -0.1) is 0 Å². The summed E-state index contributed by atoms with van der Waals surface area (Å²) >= 11 is 0. The highest BCUT2D eigenvalue weighted by Crippen LogP contribution is 2.39. The largest absolute Gasteiger partial charge is 0.383 e. The predicted octanol–water partition coefficient (Wildman–Crippen LogP) is 0.440. The molecule has 0 aromatic heterocycles. The van der Waals surface area contributed by atoms with Crippen LogP contribution in [-0.2, 0) is 19.6 Å². The van der Waals surface area contributed by atoms with Gasteiger partial charge in [0.2, 0.25) is 15.9 Å². The number of hydrogen-bond acceptors (Lipinski definition) is 4. The van der Waals surface area contributed by atoms with Crippen molar-refractivity contribution in [2.24, 2.45) is 0 Å². The van der Waals surface area contributed by atoms with E-state index < -0.39 is 10.0 Å². The van der Waals surface area contributed by atoms with Crippen LogP contribution in [0.5, 0.6) is 0 Å². The number of sulfonamides is 1. The molecule has 2 rings (SSSR count). The lowest BCUT2D eigenvalue weighted by molar-refractivity contribution is -0.132. The number of carbonyl (C=O) groups excluding carboxylic acids is 1. The van der Waals surface area contributed by atoms with Crippen LogP contribution >= 0.6 is 0 Å². The average Bonchev–Trinajstić information content (AvgIpc) is 2.56. The van der Waals surface area contributed by atoms with Crippen LogP contribution in [0.25, 0.3) is 0 Å². The van der Waals surface area contributed by atoms with Crippen LogP contribution < -0.4 is 0 Å². The minimum absolute atomic E-state index is 0.158. The van der Waals surface area contributed by atoms with Gasteiger partial charge in [0.15, 0.2) is 0 Å². The highest BCUT2D eigenvalue weighted by atomic mass is 32.2. The van der Waals surface area contributed by atoms with E-state index in [9.17, 15) is 13.2 Å². The smallest absolute Gasteiger partial charge is 0.223 e. The summed E-state index contributed by atoms with van der Waals surface area (Å²) in [5, 5.41) is 0. The van der Waals surface area contributed by atoms with Crippen molar-refractivity contribution >= 4 is 15.9 Å². The molecule has 7 heteroatoms. The molecular weight excluding hydrogens is 280 g/mol. The summed E-state index contributed by atoms with van der Waals surface area (Å²) in [5.74, 6) is 0.176. The van der Waals surface area contributed by atoms with Crippen molar-refractivity contribution in [2.45, 2.75) is 37.6 Å². The maximum absolute atomic E-state index is 12.1. The third-order valence-corrected chi connectivity index (χ3v) is 5.85. The van der Waals surface area contributed by atoms with Crippen molar-refractivity contribution in [2.75, 3.05) is 39.6 Å². The topological polar surface area (TPSA) is 66.9 Å².